The molecule has 210 valence electrons. The average Bonchev–Trinajstić information content (AvgIpc) is 2.94. The van der Waals surface area contributed by atoms with Crippen molar-refractivity contribution in [3.63, 3.8) is 0 Å². The van der Waals surface area contributed by atoms with E-state index in [1.54, 1.807) is 0 Å². The number of benzene rings is 1. The van der Waals surface area contributed by atoms with E-state index in [4.69, 9.17) is 0 Å². The third kappa shape index (κ3) is 14.1. The van der Waals surface area contributed by atoms with Gasteiger partial charge < -0.3 is 0 Å². The van der Waals surface area contributed by atoms with E-state index in [1.807, 2.05) is 75.3 Å². The van der Waals surface area contributed by atoms with Gasteiger partial charge in [-0.1, -0.05) is 36.4 Å². The molecule has 0 N–H and O–H groups in total. The van der Waals surface area contributed by atoms with Crippen LogP contribution in [0.4, 0.5) is 0 Å². The molecular weight excluding hydrogens is 488 g/mol. The summed E-state index contributed by atoms with van der Waals surface area (Å²) in [5.74, 6) is 0. The lowest BCUT2D eigenvalue weighted by molar-refractivity contribution is 1.15. The molecule has 0 spiro atoms. The molecule has 0 saturated carbocycles. The van der Waals surface area contributed by atoms with Crippen molar-refractivity contribution in [2.24, 2.45) is 0 Å². The zero-order valence-corrected chi connectivity index (χ0v) is 26.0. The van der Waals surface area contributed by atoms with E-state index in [-0.39, 0.29) is 0 Å². The molecule has 0 aliphatic carbocycles. The zero-order chi connectivity index (χ0) is 29.9. The van der Waals surface area contributed by atoms with Crippen molar-refractivity contribution in [1.82, 2.24) is 19.9 Å². The van der Waals surface area contributed by atoms with Gasteiger partial charge in [0.05, 0.1) is 0 Å². The maximum atomic E-state index is 4.08. The van der Waals surface area contributed by atoms with E-state index < -0.39 is 0 Å². The molecule has 4 nitrogen and oxygen atoms in total. The predicted octanol–water partition coefficient (Wildman–Crippen LogP) is 9.10. The minimum Gasteiger partial charge on any atom is -0.264 e. The maximum Gasteiger partial charge on any atom is 0.0401 e. The van der Waals surface area contributed by atoms with Crippen molar-refractivity contribution < 1.29 is 0 Å². The fourth-order valence-electron chi connectivity index (χ4n) is 2.88. The van der Waals surface area contributed by atoms with Crippen molar-refractivity contribution in [2.75, 3.05) is 0 Å². The van der Waals surface area contributed by atoms with Crippen molar-refractivity contribution in [3.05, 3.63) is 154 Å². The third-order valence-electron chi connectivity index (χ3n) is 6.57. The standard InChI is InChI=1S/C8H10.4C7H9N/c1-7-5-3-4-6-8(7)2;2*1-6-3-4-8-5-7(6)2;2*1-6-4-3-5-8-7(6)2/h3-6H,1-2H3;4*3-5H,1-2H3. The molecule has 0 radical (unpaired) electrons. The lowest BCUT2D eigenvalue weighted by Gasteiger charge is -1.93. The molecule has 40 heavy (non-hydrogen) atoms. The van der Waals surface area contributed by atoms with Gasteiger partial charge in [-0.2, -0.15) is 0 Å². The molecule has 0 atom stereocenters. The molecule has 4 heterocycles. The van der Waals surface area contributed by atoms with Gasteiger partial charge in [0.25, 0.3) is 0 Å². The van der Waals surface area contributed by atoms with Gasteiger partial charge >= 0.3 is 0 Å². The highest BCUT2D eigenvalue weighted by atomic mass is 14.7. The van der Waals surface area contributed by atoms with Crippen LogP contribution >= 0.6 is 0 Å². The first-order valence-corrected chi connectivity index (χ1v) is 13.6. The van der Waals surface area contributed by atoms with Crippen LogP contribution in [0, 0.1) is 69.2 Å². The highest BCUT2D eigenvalue weighted by molar-refractivity contribution is 5.23. The highest BCUT2D eigenvalue weighted by Crippen LogP contribution is 2.03. The summed E-state index contributed by atoms with van der Waals surface area (Å²) in [6.07, 6.45) is 11.0. The van der Waals surface area contributed by atoms with Crippen molar-refractivity contribution in [2.45, 2.75) is 69.2 Å². The fraction of sp³-hybridized carbons (Fsp3) is 0.278. The van der Waals surface area contributed by atoms with Crippen LogP contribution in [0.2, 0.25) is 0 Å². The molecular formula is C36H46N4. The quantitative estimate of drug-likeness (QED) is 0.199. The summed E-state index contributed by atoms with van der Waals surface area (Å²) in [5, 5.41) is 0. The maximum absolute atomic E-state index is 4.08. The van der Waals surface area contributed by atoms with E-state index in [0.29, 0.717) is 0 Å². The van der Waals surface area contributed by atoms with E-state index in [0.717, 1.165) is 11.4 Å². The van der Waals surface area contributed by atoms with Crippen LogP contribution in [-0.4, -0.2) is 19.9 Å². The summed E-state index contributed by atoms with van der Waals surface area (Å²) >= 11 is 0. The molecule has 5 aromatic rings. The molecule has 4 aromatic heterocycles. The second-order valence-corrected chi connectivity index (χ2v) is 9.82. The normalized spacial score (nSPS) is 9.25. The molecule has 0 bridgehead atoms. The lowest BCUT2D eigenvalue weighted by Crippen LogP contribution is -1.81. The largest absolute Gasteiger partial charge is 0.264 e. The highest BCUT2D eigenvalue weighted by Gasteiger charge is 1.87. The topological polar surface area (TPSA) is 51.6 Å². The van der Waals surface area contributed by atoms with Gasteiger partial charge in [0, 0.05) is 48.6 Å². The first-order valence-electron chi connectivity index (χ1n) is 13.6. The molecule has 4 heteroatoms. The van der Waals surface area contributed by atoms with Gasteiger partial charge in [-0.15, -0.1) is 0 Å². The minimum atomic E-state index is 1.12. The van der Waals surface area contributed by atoms with Gasteiger partial charge in [-0.05, 0) is 138 Å². The first kappa shape index (κ1) is 33.8. The third-order valence-corrected chi connectivity index (χ3v) is 6.57. The molecule has 5 rings (SSSR count). The van der Waals surface area contributed by atoms with Crippen molar-refractivity contribution >= 4 is 0 Å². The summed E-state index contributed by atoms with van der Waals surface area (Å²) in [6.45, 7) is 20.7. The van der Waals surface area contributed by atoms with Crippen molar-refractivity contribution in [3.8, 4) is 0 Å². The Morgan fingerprint density at radius 1 is 0.325 bits per heavy atom. The van der Waals surface area contributed by atoms with Gasteiger partial charge in [0.15, 0.2) is 0 Å². The number of hydrogen-bond acceptors (Lipinski definition) is 4. The predicted molar refractivity (Wildman–Crippen MR) is 171 cm³/mol. The summed E-state index contributed by atoms with van der Waals surface area (Å²) in [7, 11) is 0. The van der Waals surface area contributed by atoms with Crippen molar-refractivity contribution in [1.29, 1.82) is 0 Å². The van der Waals surface area contributed by atoms with Crippen LogP contribution in [0.5, 0.6) is 0 Å². The summed E-state index contributed by atoms with van der Waals surface area (Å²) in [4.78, 5) is 16.0. The molecule has 0 aliphatic rings. The minimum absolute atomic E-state index is 1.12. The molecule has 0 amide bonds. The van der Waals surface area contributed by atoms with Gasteiger partial charge in [-0.3, -0.25) is 19.9 Å². The Hall–Kier alpha value is -4.18. The molecule has 0 saturated heterocycles. The number of aryl methyl sites for hydroxylation is 10. The van der Waals surface area contributed by atoms with E-state index in [9.17, 15) is 0 Å². The average molecular weight is 535 g/mol. The molecule has 1 aromatic carbocycles. The molecule has 0 fully saturated rings. The van der Waals surface area contributed by atoms with E-state index >= 15 is 0 Å². The number of pyridine rings is 4. The smallest absolute Gasteiger partial charge is 0.0401 e. The number of aromatic nitrogens is 4. The van der Waals surface area contributed by atoms with Crippen LogP contribution in [-0.2, 0) is 0 Å². The Labute approximate surface area is 242 Å². The Morgan fingerprint density at radius 3 is 0.850 bits per heavy atom. The van der Waals surface area contributed by atoms with Crippen LogP contribution < -0.4 is 0 Å². The van der Waals surface area contributed by atoms with Crippen LogP contribution in [0.1, 0.15) is 55.9 Å². The fourth-order valence-corrected chi connectivity index (χ4v) is 2.88. The Morgan fingerprint density at radius 2 is 0.650 bits per heavy atom. The zero-order valence-electron chi connectivity index (χ0n) is 26.0. The lowest BCUT2D eigenvalue weighted by atomic mass is 10.1. The second-order valence-electron chi connectivity index (χ2n) is 9.82. The van der Waals surface area contributed by atoms with Crippen LogP contribution in [0.25, 0.3) is 0 Å². The SMILES string of the molecule is Cc1ccccc1C.Cc1cccnc1C.Cc1cccnc1C.Cc1ccncc1C.Cc1ccncc1C. The Kier molecular flexibility index (Phi) is 16.1. The second kappa shape index (κ2) is 19.0. The van der Waals surface area contributed by atoms with Crippen LogP contribution in [0.15, 0.2) is 97.8 Å². The summed E-state index contributed by atoms with van der Waals surface area (Å²) in [5.41, 5.74) is 12.6. The van der Waals surface area contributed by atoms with Gasteiger partial charge in [-0.25, -0.2) is 0 Å². The molecule has 0 unspecified atom stereocenters. The van der Waals surface area contributed by atoms with Crippen LogP contribution in [0.3, 0.4) is 0 Å². The first-order chi connectivity index (χ1) is 19.0. The number of nitrogens with zero attached hydrogens (tertiary/aromatic N) is 4. The molecule has 0 aliphatic heterocycles. The summed E-state index contributed by atoms with van der Waals surface area (Å²) < 4.78 is 0. The number of rotatable bonds is 0. The van der Waals surface area contributed by atoms with Gasteiger partial charge in [0.1, 0.15) is 0 Å². The van der Waals surface area contributed by atoms with E-state index in [1.165, 1.54) is 44.5 Å². The summed E-state index contributed by atoms with van der Waals surface area (Å²) in [6, 6.07) is 20.4. The Balaban J connectivity index is 0.000000250. The van der Waals surface area contributed by atoms with E-state index in [2.05, 4.69) is 112 Å². The Bertz CT molecular complexity index is 1050. The monoisotopic (exact) mass is 534 g/mol. The number of hydrogen-bond donors (Lipinski definition) is 0. The van der Waals surface area contributed by atoms with Gasteiger partial charge in [0.2, 0.25) is 0 Å².